The van der Waals surface area contributed by atoms with Crippen molar-refractivity contribution in [3.63, 3.8) is 0 Å². The fraction of sp³-hybridized carbons (Fsp3) is 0.0556. The van der Waals surface area contributed by atoms with E-state index in [1.165, 1.54) is 0 Å². The molecule has 0 saturated heterocycles. The Labute approximate surface area is 143 Å². The van der Waals surface area contributed by atoms with Gasteiger partial charge in [-0.25, -0.2) is 4.68 Å². The van der Waals surface area contributed by atoms with Crippen LogP contribution < -0.4 is 5.32 Å². The molecule has 1 amide bonds. The summed E-state index contributed by atoms with van der Waals surface area (Å²) in [5.74, 6) is -0.259. The summed E-state index contributed by atoms with van der Waals surface area (Å²) in [6.07, 6.45) is 5.03. The highest BCUT2D eigenvalue weighted by Crippen LogP contribution is 2.19. The van der Waals surface area contributed by atoms with Crippen molar-refractivity contribution in [2.24, 2.45) is 0 Å². The lowest BCUT2D eigenvalue weighted by Crippen LogP contribution is -2.12. The van der Waals surface area contributed by atoms with E-state index in [9.17, 15) is 4.79 Å². The summed E-state index contributed by atoms with van der Waals surface area (Å²) in [4.78, 5) is 12.3. The van der Waals surface area contributed by atoms with Gasteiger partial charge in [-0.3, -0.25) is 9.89 Å². The van der Waals surface area contributed by atoms with Crippen LogP contribution in [0.25, 0.3) is 16.9 Å². The van der Waals surface area contributed by atoms with Crippen LogP contribution in [0, 0.1) is 6.92 Å². The van der Waals surface area contributed by atoms with Crippen molar-refractivity contribution >= 4 is 11.6 Å². The molecule has 0 fully saturated rings. The first kappa shape index (κ1) is 14.9. The summed E-state index contributed by atoms with van der Waals surface area (Å²) < 4.78 is 6.81. The second-order valence-electron chi connectivity index (χ2n) is 5.58. The highest BCUT2D eigenvalue weighted by molar-refractivity contribution is 6.03. The molecular formula is C18H15N5O2. The molecule has 0 spiro atoms. The number of carbonyl (C=O) groups is 1. The van der Waals surface area contributed by atoms with Gasteiger partial charge in [0.1, 0.15) is 5.69 Å². The number of furan rings is 1. The van der Waals surface area contributed by atoms with Gasteiger partial charge in [0.15, 0.2) is 0 Å². The minimum absolute atomic E-state index is 0.259. The summed E-state index contributed by atoms with van der Waals surface area (Å²) >= 11 is 0. The molecule has 4 aromatic rings. The first-order valence-corrected chi connectivity index (χ1v) is 7.71. The molecule has 0 aliphatic carbocycles. The molecule has 124 valence electrons. The number of carbonyl (C=O) groups excluding carboxylic acids is 1. The summed E-state index contributed by atoms with van der Waals surface area (Å²) in [5.41, 5.74) is 4.41. The van der Waals surface area contributed by atoms with Crippen LogP contribution in [0.2, 0.25) is 0 Å². The van der Waals surface area contributed by atoms with Gasteiger partial charge in [-0.15, -0.1) is 0 Å². The number of aromatic nitrogens is 4. The van der Waals surface area contributed by atoms with Crippen molar-refractivity contribution in [2.75, 3.05) is 5.32 Å². The number of nitrogens with zero attached hydrogens (tertiary/aromatic N) is 3. The fourth-order valence-electron chi connectivity index (χ4n) is 2.45. The summed E-state index contributed by atoms with van der Waals surface area (Å²) in [7, 11) is 0. The topological polar surface area (TPSA) is 88.7 Å². The summed E-state index contributed by atoms with van der Waals surface area (Å²) in [6.45, 7) is 1.94. The Kier molecular flexibility index (Phi) is 3.66. The highest BCUT2D eigenvalue weighted by Gasteiger charge is 2.12. The zero-order chi connectivity index (χ0) is 17.2. The smallest absolute Gasteiger partial charge is 0.273 e. The maximum Gasteiger partial charge on any atom is 0.273 e. The molecule has 0 radical (unpaired) electrons. The quantitative estimate of drug-likeness (QED) is 0.599. The molecule has 0 aliphatic heterocycles. The molecule has 2 N–H and O–H groups in total. The number of hydrogen-bond donors (Lipinski definition) is 2. The molecule has 0 saturated carbocycles. The molecule has 7 nitrogen and oxygen atoms in total. The SMILES string of the molecule is Cc1ccn(-c2ccc(NC(=O)c3cc(-c4ccoc4)n[nH]3)cc2)n1. The number of hydrogen-bond acceptors (Lipinski definition) is 4. The first-order valence-electron chi connectivity index (χ1n) is 7.71. The number of amides is 1. The molecule has 3 heterocycles. The van der Waals surface area contributed by atoms with Gasteiger partial charge in [-0.1, -0.05) is 0 Å². The van der Waals surface area contributed by atoms with Gasteiger partial charge in [0.05, 0.1) is 29.6 Å². The number of benzene rings is 1. The average molecular weight is 333 g/mol. The highest BCUT2D eigenvalue weighted by atomic mass is 16.3. The Morgan fingerprint density at radius 2 is 2.04 bits per heavy atom. The van der Waals surface area contributed by atoms with Crippen molar-refractivity contribution in [3.05, 3.63) is 72.6 Å². The largest absolute Gasteiger partial charge is 0.472 e. The number of nitrogens with one attached hydrogen (secondary N) is 2. The average Bonchev–Trinajstić information content (AvgIpc) is 3.36. The van der Waals surface area contributed by atoms with Crippen LogP contribution in [0.1, 0.15) is 16.2 Å². The Bertz CT molecular complexity index is 996. The van der Waals surface area contributed by atoms with Crippen LogP contribution in [0.5, 0.6) is 0 Å². The van der Waals surface area contributed by atoms with Crippen LogP contribution >= 0.6 is 0 Å². The summed E-state index contributed by atoms with van der Waals surface area (Å²) in [5, 5.41) is 14.0. The number of aromatic amines is 1. The lowest BCUT2D eigenvalue weighted by atomic mass is 10.2. The molecule has 3 aromatic heterocycles. The number of H-pyrrole nitrogens is 1. The predicted molar refractivity (Wildman–Crippen MR) is 92.5 cm³/mol. The second kappa shape index (κ2) is 6.12. The van der Waals surface area contributed by atoms with Gasteiger partial charge in [0, 0.05) is 17.4 Å². The Balaban J connectivity index is 1.47. The standard InChI is InChI=1S/C18H15N5O2/c1-12-6-8-23(22-12)15-4-2-14(3-5-15)19-18(24)17-10-16(20-21-17)13-7-9-25-11-13/h2-11H,1H3,(H,19,24)(H,20,21). The van der Waals surface area contributed by atoms with Crippen LogP contribution in [-0.2, 0) is 0 Å². The molecule has 4 rings (SSSR count). The number of anilines is 1. The van der Waals surface area contributed by atoms with Crippen LogP contribution in [-0.4, -0.2) is 25.9 Å². The third-order valence-electron chi connectivity index (χ3n) is 3.75. The zero-order valence-corrected chi connectivity index (χ0v) is 13.4. The Morgan fingerprint density at radius 1 is 1.20 bits per heavy atom. The van der Waals surface area contributed by atoms with Gasteiger partial charge >= 0.3 is 0 Å². The van der Waals surface area contributed by atoms with E-state index < -0.39 is 0 Å². The van der Waals surface area contributed by atoms with E-state index in [-0.39, 0.29) is 5.91 Å². The molecule has 0 bridgehead atoms. The molecule has 0 atom stereocenters. The van der Waals surface area contributed by atoms with Crippen LogP contribution in [0.15, 0.2) is 65.6 Å². The van der Waals surface area contributed by atoms with Crippen LogP contribution in [0.4, 0.5) is 5.69 Å². The maximum atomic E-state index is 12.3. The third kappa shape index (κ3) is 3.07. The molecular weight excluding hydrogens is 318 g/mol. The van der Waals surface area contributed by atoms with E-state index in [2.05, 4.69) is 20.6 Å². The molecule has 25 heavy (non-hydrogen) atoms. The minimum atomic E-state index is -0.259. The van der Waals surface area contributed by atoms with E-state index in [0.717, 1.165) is 16.9 Å². The predicted octanol–water partition coefficient (Wildman–Crippen LogP) is 3.42. The minimum Gasteiger partial charge on any atom is -0.472 e. The van der Waals surface area contributed by atoms with Crippen LogP contribution in [0.3, 0.4) is 0 Å². The van der Waals surface area contributed by atoms with E-state index in [0.29, 0.717) is 17.1 Å². The van der Waals surface area contributed by atoms with Crippen molar-refractivity contribution in [1.29, 1.82) is 0 Å². The lowest BCUT2D eigenvalue weighted by molar-refractivity contribution is 0.102. The van der Waals surface area contributed by atoms with Crippen molar-refractivity contribution < 1.29 is 9.21 Å². The van der Waals surface area contributed by atoms with E-state index in [1.807, 2.05) is 43.5 Å². The molecule has 0 unspecified atom stereocenters. The van der Waals surface area contributed by atoms with Crippen molar-refractivity contribution in [1.82, 2.24) is 20.0 Å². The molecule has 0 aliphatic rings. The van der Waals surface area contributed by atoms with E-state index in [4.69, 9.17) is 4.42 Å². The Hall–Kier alpha value is -3.61. The second-order valence-corrected chi connectivity index (χ2v) is 5.58. The number of aryl methyl sites for hydroxylation is 1. The van der Waals surface area contributed by atoms with Gasteiger partial charge in [-0.05, 0) is 49.4 Å². The molecule has 1 aromatic carbocycles. The first-order chi connectivity index (χ1) is 12.2. The summed E-state index contributed by atoms with van der Waals surface area (Å²) in [6, 6.07) is 12.9. The monoisotopic (exact) mass is 333 g/mol. The zero-order valence-electron chi connectivity index (χ0n) is 13.4. The molecule has 7 heteroatoms. The van der Waals surface area contributed by atoms with Gasteiger partial charge in [0.25, 0.3) is 5.91 Å². The van der Waals surface area contributed by atoms with Crippen molar-refractivity contribution in [2.45, 2.75) is 6.92 Å². The van der Waals surface area contributed by atoms with Gasteiger partial charge in [0.2, 0.25) is 0 Å². The van der Waals surface area contributed by atoms with Gasteiger partial charge < -0.3 is 9.73 Å². The van der Waals surface area contributed by atoms with E-state index >= 15 is 0 Å². The van der Waals surface area contributed by atoms with Crippen molar-refractivity contribution in [3.8, 4) is 16.9 Å². The van der Waals surface area contributed by atoms with Gasteiger partial charge in [-0.2, -0.15) is 10.2 Å². The normalized spacial score (nSPS) is 10.8. The fourth-order valence-corrected chi connectivity index (χ4v) is 2.45. The third-order valence-corrected chi connectivity index (χ3v) is 3.75. The Morgan fingerprint density at radius 3 is 2.72 bits per heavy atom. The lowest BCUT2D eigenvalue weighted by Gasteiger charge is -2.05. The van der Waals surface area contributed by atoms with E-state index in [1.54, 1.807) is 29.3 Å². The number of rotatable bonds is 4. The maximum absolute atomic E-state index is 12.3.